The number of ketones is 1. The van der Waals surface area contributed by atoms with Gasteiger partial charge < -0.3 is 20.5 Å². The van der Waals surface area contributed by atoms with E-state index in [0.717, 1.165) is 12.0 Å². The summed E-state index contributed by atoms with van der Waals surface area (Å²) in [5.41, 5.74) is 7.86. The lowest BCUT2D eigenvalue weighted by Crippen LogP contribution is -2.25. The molecule has 0 aliphatic rings. The number of carboxylic acids is 1. The second-order valence-electron chi connectivity index (χ2n) is 9.61. The molecule has 35 heavy (non-hydrogen) atoms. The third-order valence-corrected chi connectivity index (χ3v) is 5.83. The number of Topliss-reactive ketones (excluding diaryl/α,β-unsaturated/α-hetero) is 1. The molecule has 1 atom stereocenters. The number of benzene rings is 2. The van der Waals surface area contributed by atoms with Gasteiger partial charge in [0.1, 0.15) is 23.3 Å². The van der Waals surface area contributed by atoms with Gasteiger partial charge in [0, 0.05) is 18.5 Å². The number of aliphatic hydroxyl groups is 1. The molecule has 3 aromatic rings. The highest BCUT2D eigenvalue weighted by Gasteiger charge is 2.32. The smallest absolute Gasteiger partial charge is 0.377 e. The number of carbonyl (C=O) groups is 3. The molecule has 8 nitrogen and oxygen atoms in total. The molecular weight excluding hydrogens is 446 g/mol. The molecule has 1 amide bonds. The van der Waals surface area contributed by atoms with Gasteiger partial charge in [0.2, 0.25) is 0 Å². The summed E-state index contributed by atoms with van der Waals surface area (Å²) in [5.74, 6) is -2.47. The van der Waals surface area contributed by atoms with Gasteiger partial charge in [-0.25, -0.2) is 9.78 Å². The number of imidazole rings is 1. The van der Waals surface area contributed by atoms with Crippen molar-refractivity contribution >= 4 is 17.7 Å². The molecule has 0 bridgehead atoms. The van der Waals surface area contributed by atoms with Gasteiger partial charge in [0.15, 0.2) is 0 Å². The summed E-state index contributed by atoms with van der Waals surface area (Å²) in [6.45, 7) is 7.92. The lowest BCUT2D eigenvalue weighted by molar-refractivity contribution is -0.131. The normalized spacial score (nSPS) is 12.4. The third kappa shape index (κ3) is 5.49. The van der Waals surface area contributed by atoms with Gasteiger partial charge in [-0.1, -0.05) is 76.2 Å². The average Bonchev–Trinajstić information content (AvgIpc) is 3.16. The number of hydrogen-bond acceptors (Lipinski definition) is 5. The molecule has 0 saturated carbocycles. The number of rotatable bonds is 9. The molecule has 0 aliphatic heterocycles. The SMILES string of the molecule is CCCc1nc(C(O)C(C)(C)C)c(C(N)=O)n1Cc1ccc(-c2ccccc2C(=O)C(=O)O)cc1. The number of carbonyl (C=O) groups excluding carboxylic acids is 2. The molecule has 0 radical (unpaired) electrons. The second-order valence-corrected chi connectivity index (χ2v) is 9.61. The maximum atomic E-state index is 12.4. The van der Waals surface area contributed by atoms with Crippen LogP contribution in [0.3, 0.4) is 0 Å². The van der Waals surface area contributed by atoms with E-state index in [-0.39, 0.29) is 17.0 Å². The van der Waals surface area contributed by atoms with Crippen LogP contribution >= 0.6 is 0 Å². The third-order valence-electron chi connectivity index (χ3n) is 5.83. The minimum absolute atomic E-state index is 0.115. The lowest BCUT2D eigenvalue weighted by atomic mass is 9.86. The summed E-state index contributed by atoms with van der Waals surface area (Å²) in [6, 6.07) is 13.8. The van der Waals surface area contributed by atoms with Crippen LogP contribution in [0, 0.1) is 5.41 Å². The molecule has 1 heterocycles. The van der Waals surface area contributed by atoms with Crippen LogP contribution in [0.5, 0.6) is 0 Å². The number of nitrogens with zero attached hydrogens (tertiary/aromatic N) is 2. The van der Waals surface area contributed by atoms with Crippen LogP contribution in [0.4, 0.5) is 0 Å². The number of primary amides is 1. The van der Waals surface area contributed by atoms with Crippen molar-refractivity contribution < 1.29 is 24.6 Å². The summed E-state index contributed by atoms with van der Waals surface area (Å²) in [4.78, 5) is 40.4. The molecule has 2 aromatic carbocycles. The van der Waals surface area contributed by atoms with E-state index in [1.165, 1.54) is 6.07 Å². The Labute approximate surface area is 204 Å². The largest absolute Gasteiger partial charge is 0.475 e. The van der Waals surface area contributed by atoms with E-state index >= 15 is 0 Å². The molecule has 1 unspecified atom stereocenters. The Morgan fingerprint density at radius 3 is 2.23 bits per heavy atom. The van der Waals surface area contributed by atoms with Crippen molar-refractivity contribution in [2.24, 2.45) is 11.1 Å². The van der Waals surface area contributed by atoms with Crippen molar-refractivity contribution in [3.05, 3.63) is 76.9 Å². The van der Waals surface area contributed by atoms with E-state index in [2.05, 4.69) is 4.98 Å². The number of aromatic nitrogens is 2. The predicted molar refractivity (Wildman–Crippen MR) is 132 cm³/mol. The monoisotopic (exact) mass is 477 g/mol. The highest BCUT2D eigenvalue weighted by atomic mass is 16.4. The van der Waals surface area contributed by atoms with Crippen LogP contribution in [-0.4, -0.2) is 37.4 Å². The highest BCUT2D eigenvalue weighted by molar-refractivity contribution is 6.41. The summed E-state index contributed by atoms with van der Waals surface area (Å²) in [5, 5.41) is 20.0. The second kappa shape index (κ2) is 10.2. The van der Waals surface area contributed by atoms with E-state index in [4.69, 9.17) is 10.8 Å². The van der Waals surface area contributed by atoms with Crippen LogP contribution in [0.25, 0.3) is 11.1 Å². The molecule has 1 aromatic heterocycles. The average molecular weight is 478 g/mol. The minimum Gasteiger partial charge on any atom is -0.475 e. The number of amides is 1. The number of nitrogens with two attached hydrogens (primary N) is 1. The zero-order valence-corrected chi connectivity index (χ0v) is 20.4. The van der Waals surface area contributed by atoms with Crippen molar-refractivity contribution in [1.82, 2.24) is 9.55 Å². The van der Waals surface area contributed by atoms with E-state index in [9.17, 15) is 19.5 Å². The van der Waals surface area contributed by atoms with Crippen LogP contribution in [0.1, 0.15) is 78.1 Å². The molecule has 8 heteroatoms. The molecule has 0 saturated heterocycles. The molecule has 4 N–H and O–H groups in total. The Morgan fingerprint density at radius 2 is 1.69 bits per heavy atom. The van der Waals surface area contributed by atoms with E-state index in [1.807, 2.05) is 39.8 Å². The zero-order chi connectivity index (χ0) is 25.9. The summed E-state index contributed by atoms with van der Waals surface area (Å²) < 4.78 is 1.76. The predicted octanol–water partition coefficient (Wildman–Crippen LogP) is 4.00. The fraction of sp³-hybridized carbons (Fsp3) is 0.333. The molecular formula is C27H31N3O5. The zero-order valence-electron chi connectivity index (χ0n) is 20.4. The highest BCUT2D eigenvalue weighted by Crippen LogP contribution is 2.34. The van der Waals surface area contributed by atoms with Crippen LogP contribution < -0.4 is 5.73 Å². The summed E-state index contributed by atoms with van der Waals surface area (Å²) >= 11 is 0. The summed E-state index contributed by atoms with van der Waals surface area (Å²) in [6.07, 6.45) is 0.445. The van der Waals surface area contributed by atoms with Crippen LogP contribution in [0.2, 0.25) is 0 Å². The van der Waals surface area contributed by atoms with Gasteiger partial charge >= 0.3 is 5.97 Å². The molecule has 0 spiro atoms. The van der Waals surface area contributed by atoms with E-state index in [1.54, 1.807) is 34.9 Å². The van der Waals surface area contributed by atoms with Gasteiger partial charge in [0.25, 0.3) is 11.7 Å². The van der Waals surface area contributed by atoms with Gasteiger partial charge in [-0.05, 0) is 28.5 Å². The number of carboxylic acid groups (broad SMARTS) is 1. The molecule has 0 fully saturated rings. The van der Waals surface area contributed by atoms with Crippen LogP contribution in [-0.2, 0) is 17.8 Å². The lowest BCUT2D eigenvalue weighted by Gasteiger charge is -2.25. The fourth-order valence-corrected chi connectivity index (χ4v) is 3.98. The number of aryl methyl sites for hydroxylation is 1. The number of hydrogen-bond donors (Lipinski definition) is 3. The molecule has 0 aliphatic carbocycles. The first-order valence-corrected chi connectivity index (χ1v) is 11.5. The Morgan fingerprint density at radius 1 is 1.06 bits per heavy atom. The maximum absolute atomic E-state index is 12.4. The van der Waals surface area contributed by atoms with Crippen molar-refractivity contribution in [2.45, 2.75) is 53.2 Å². The first-order valence-electron chi connectivity index (χ1n) is 11.5. The number of aliphatic hydroxyl groups excluding tert-OH is 1. The minimum atomic E-state index is -1.51. The van der Waals surface area contributed by atoms with Gasteiger partial charge in [-0.3, -0.25) is 9.59 Å². The molecule has 3 rings (SSSR count). The van der Waals surface area contributed by atoms with Crippen LogP contribution in [0.15, 0.2) is 48.5 Å². The fourth-order valence-electron chi connectivity index (χ4n) is 3.98. The number of aliphatic carboxylic acids is 1. The van der Waals surface area contributed by atoms with Gasteiger partial charge in [-0.15, -0.1) is 0 Å². The van der Waals surface area contributed by atoms with Crippen molar-refractivity contribution in [3.63, 3.8) is 0 Å². The maximum Gasteiger partial charge on any atom is 0.377 e. The first kappa shape index (κ1) is 25.8. The first-order chi connectivity index (χ1) is 16.5. The summed E-state index contributed by atoms with van der Waals surface area (Å²) in [7, 11) is 0. The van der Waals surface area contributed by atoms with Crippen molar-refractivity contribution in [1.29, 1.82) is 0 Å². The Bertz CT molecular complexity index is 1250. The Kier molecular flexibility index (Phi) is 7.55. The standard InChI is InChI=1S/C27H31N3O5/c1-5-8-20-29-21(24(32)27(2,3)4)22(25(28)33)30(20)15-16-11-13-17(14-12-16)18-9-6-7-10-19(18)23(31)26(34)35/h6-7,9-14,24,32H,5,8,15H2,1-4H3,(H2,28,33)(H,34,35). The molecule has 184 valence electrons. The van der Waals surface area contributed by atoms with Gasteiger partial charge in [0.05, 0.1) is 0 Å². The topological polar surface area (TPSA) is 136 Å². The Balaban J connectivity index is 2.02. The van der Waals surface area contributed by atoms with E-state index in [0.29, 0.717) is 29.9 Å². The Hall–Kier alpha value is -3.78. The quantitative estimate of drug-likeness (QED) is 0.315. The van der Waals surface area contributed by atoms with Crippen molar-refractivity contribution in [3.8, 4) is 11.1 Å². The van der Waals surface area contributed by atoms with E-state index < -0.39 is 29.2 Å². The van der Waals surface area contributed by atoms with Gasteiger partial charge in [-0.2, -0.15) is 0 Å². The van der Waals surface area contributed by atoms with Crippen molar-refractivity contribution in [2.75, 3.05) is 0 Å².